The van der Waals surface area contributed by atoms with E-state index in [9.17, 15) is 4.79 Å². The number of aryl methyl sites for hydroxylation is 3. The number of hydrogen-bond acceptors (Lipinski definition) is 3. The molecule has 1 fully saturated rings. The van der Waals surface area contributed by atoms with Gasteiger partial charge in [0.15, 0.2) is 5.17 Å². The Morgan fingerprint density at radius 3 is 2.21 bits per heavy atom. The Bertz CT molecular complexity index is 1140. The maximum Gasteiger partial charge on any atom is 0.264 e. The van der Waals surface area contributed by atoms with E-state index in [0.29, 0.717) is 10.1 Å². The van der Waals surface area contributed by atoms with Gasteiger partial charge in [0.25, 0.3) is 5.91 Å². The van der Waals surface area contributed by atoms with Gasteiger partial charge in [-0.2, -0.15) is 0 Å². The van der Waals surface area contributed by atoms with Crippen molar-refractivity contribution in [2.45, 2.75) is 27.7 Å². The fourth-order valence-corrected chi connectivity index (χ4v) is 4.22. The second kappa shape index (κ2) is 7.76. The first kappa shape index (κ1) is 19.3. The molecule has 1 saturated heterocycles. The number of carbonyl (C=O) groups is 1. The van der Waals surface area contributed by atoms with Crippen LogP contribution in [0, 0.1) is 27.7 Å². The van der Waals surface area contributed by atoms with E-state index < -0.39 is 0 Å². The molecule has 1 aliphatic heterocycles. The number of aromatic nitrogens is 1. The highest BCUT2D eigenvalue weighted by Crippen LogP contribution is 2.30. The smallest absolute Gasteiger partial charge is 0.264 e. The number of amides is 1. The molecule has 4 nitrogen and oxygen atoms in total. The molecule has 0 unspecified atom stereocenters. The van der Waals surface area contributed by atoms with Gasteiger partial charge < -0.3 is 9.88 Å². The molecular weight excluding hydrogens is 378 g/mol. The number of benzene rings is 2. The predicted molar refractivity (Wildman–Crippen MR) is 122 cm³/mol. The van der Waals surface area contributed by atoms with E-state index in [1.165, 1.54) is 22.9 Å². The molecule has 0 saturated carbocycles. The fourth-order valence-electron chi connectivity index (χ4n) is 3.38. The van der Waals surface area contributed by atoms with Crippen molar-refractivity contribution in [1.29, 1.82) is 0 Å². The highest BCUT2D eigenvalue weighted by molar-refractivity contribution is 8.18. The molecule has 1 N–H and O–H groups in total. The monoisotopic (exact) mass is 401 g/mol. The molecule has 0 aliphatic carbocycles. The quantitative estimate of drug-likeness (QED) is 0.581. The van der Waals surface area contributed by atoms with Crippen molar-refractivity contribution in [1.82, 2.24) is 9.88 Å². The third kappa shape index (κ3) is 4.05. The van der Waals surface area contributed by atoms with E-state index in [2.05, 4.69) is 66.0 Å². The highest BCUT2D eigenvalue weighted by atomic mass is 32.2. The van der Waals surface area contributed by atoms with Gasteiger partial charge in [-0.1, -0.05) is 35.4 Å². The Hall–Kier alpha value is -3.05. The molecule has 1 aliphatic rings. The second-order valence-electron chi connectivity index (χ2n) is 7.31. The summed E-state index contributed by atoms with van der Waals surface area (Å²) in [5.41, 5.74) is 7.65. The minimum atomic E-state index is -0.110. The molecule has 0 spiro atoms. The number of hydrogen-bond donors (Lipinski definition) is 1. The van der Waals surface area contributed by atoms with Crippen LogP contribution in [0.3, 0.4) is 0 Å². The molecule has 4 rings (SSSR count). The van der Waals surface area contributed by atoms with E-state index in [1.807, 2.05) is 37.3 Å². The van der Waals surface area contributed by atoms with Gasteiger partial charge in [-0.05, 0) is 81.4 Å². The summed E-state index contributed by atoms with van der Waals surface area (Å²) in [6.07, 6.45) is 1.95. The molecular formula is C24H23N3OS. The lowest BCUT2D eigenvalue weighted by Gasteiger charge is -2.10. The summed E-state index contributed by atoms with van der Waals surface area (Å²) in [6.45, 7) is 8.29. The Balaban J connectivity index is 1.63. The lowest BCUT2D eigenvalue weighted by Crippen LogP contribution is -2.19. The number of thioether (sulfide) groups is 1. The Morgan fingerprint density at radius 2 is 1.55 bits per heavy atom. The van der Waals surface area contributed by atoms with E-state index >= 15 is 0 Å². The molecule has 5 heteroatoms. The van der Waals surface area contributed by atoms with Crippen LogP contribution >= 0.6 is 11.8 Å². The van der Waals surface area contributed by atoms with E-state index in [1.54, 1.807) is 0 Å². The standard InChI is InChI=1S/C24H23N3OS/c1-15-5-9-20(10-6-15)25-24-26-23(28)22(29-24)14-19-13-17(3)27(18(19)4)21-11-7-16(2)8-12-21/h5-14H,1-4H3,(H,25,26,28)/b22-14-. The molecule has 3 aromatic rings. The van der Waals surface area contributed by atoms with Gasteiger partial charge in [0, 0.05) is 17.1 Å². The molecule has 0 radical (unpaired) electrons. The van der Waals surface area contributed by atoms with Gasteiger partial charge in [-0.25, -0.2) is 4.99 Å². The third-order valence-electron chi connectivity index (χ3n) is 4.96. The number of carbonyl (C=O) groups excluding carboxylic acids is 1. The van der Waals surface area contributed by atoms with Crippen molar-refractivity contribution in [3.05, 3.63) is 87.6 Å². The lowest BCUT2D eigenvalue weighted by molar-refractivity contribution is -0.115. The normalized spacial score (nSPS) is 16.6. The van der Waals surface area contributed by atoms with Crippen molar-refractivity contribution >= 4 is 34.6 Å². The summed E-state index contributed by atoms with van der Waals surface area (Å²) in [6, 6.07) is 18.5. The van der Waals surface area contributed by atoms with Crippen LogP contribution in [-0.2, 0) is 4.79 Å². The number of rotatable bonds is 3. The van der Waals surface area contributed by atoms with E-state index in [0.717, 1.165) is 28.3 Å². The molecule has 1 amide bonds. The topological polar surface area (TPSA) is 46.4 Å². The summed E-state index contributed by atoms with van der Waals surface area (Å²) in [5.74, 6) is -0.110. The van der Waals surface area contributed by atoms with Crippen molar-refractivity contribution in [3.63, 3.8) is 0 Å². The first-order chi connectivity index (χ1) is 13.9. The van der Waals surface area contributed by atoms with Crippen LogP contribution in [0.5, 0.6) is 0 Å². The zero-order valence-electron chi connectivity index (χ0n) is 17.0. The van der Waals surface area contributed by atoms with Crippen LogP contribution in [0.15, 0.2) is 64.5 Å². The molecule has 0 atom stereocenters. The second-order valence-corrected chi connectivity index (χ2v) is 8.35. The zero-order valence-corrected chi connectivity index (χ0v) is 17.8. The van der Waals surface area contributed by atoms with Crippen LogP contribution in [0.2, 0.25) is 0 Å². The van der Waals surface area contributed by atoms with Gasteiger partial charge in [0.1, 0.15) is 0 Å². The van der Waals surface area contributed by atoms with Crippen LogP contribution in [0.25, 0.3) is 11.8 Å². The molecule has 1 aromatic heterocycles. The number of amidine groups is 1. The predicted octanol–water partition coefficient (Wildman–Crippen LogP) is 5.60. The molecule has 2 heterocycles. The third-order valence-corrected chi connectivity index (χ3v) is 5.87. The minimum absolute atomic E-state index is 0.110. The zero-order chi connectivity index (χ0) is 20.5. The highest BCUT2D eigenvalue weighted by Gasteiger charge is 2.24. The maximum atomic E-state index is 12.5. The minimum Gasteiger partial charge on any atom is -0.318 e. The van der Waals surface area contributed by atoms with Gasteiger partial charge in [0.05, 0.1) is 10.6 Å². The summed E-state index contributed by atoms with van der Waals surface area (Å²) in [5, 5.41) is 3.47. The first-order valence-corrected chi connectivity index (χ1v) is 10.3. The number of nitrogens with zero attached hydrogens (tertiary/aromatic N) is 2. The molecule has 146 valence electrons. The lowest BCUT2D eigenvalue weighted by atomic mass is 10.2. The fraction of sp³-hybridized carbons (Fsp3) is 0.167. The summed E-state index contributed by atoms with van der Waals surface area (Å²) in [4.78, 5) is 17.7. The Morgan fingerprint density at radius 1 is 0.931 bits per heavy atom. The van der Waals surface area contributed by atoms with Gasteiger partial charge >= 0.3 is 0 Å². The average molecular weight is 402 g/mol. The largest absolute Gasteiger partial charge is 0.318 e. The molecule has 0 bridgehead atoms. The van der Waals surface area contributed by atoms with Crippen LogP contribution in [0.4, 0.5) is 5.69 Å². The van der Waals surface area contributed by atoms with Crippen LogP contribution < -0.4 is 5.32 Å². The van der Waals surface area contributed by atoms with Crippen molar-refractivity contribution in [2.75, 3.05) is 0 Å². The molecule has 29 heavy (non-hydrogen) atoms. The Labute approximate surface area is 175 Å². The average Bonchev–Trinajstić information content (AvgIpc) is 3.17. The van der Waals surface area contributed by atoms with Gasteiger partial charge in [-0.15, -0.1) is 0 Å². The van der Waals surface area contributed by atoms with Crippen LogP contribution in [-0.4, -0.2) is 15.6 Å². The van der Waals surface area contributed by atoms with Crippen molar-refractivity contribution in [2.24, 2.45) is 4.99 Å². The number of nitrogens with one attached hydrogen (secondary N) is 1. The van der Waals surface area contributed by atoms with E-state index in [-0.39, 0.29) is 5.91 Å². The summed E-state index contributed by atoms with van der Waals surface area (Å²) >= 11 is 1.38. The Kier molecular flexibility index (Phi) is 5.16. The number of aliphatic imine (C=N–C) groups is 1. The molecule has 2 aromatic carbocycles. The van der Waals surface area contributed by atoms with Gasteiger partial charge in [0.2, 0.25) is 0 Å². The van der Waals surface area contributed by atoms with Crippen molar-refractivity contribution in [3.8, 4) is 5.69 Å². The van der Waals surface area contributed by atoms with Crippen molar-refractivity contribution < 1.29 is 4.79 Å². The van der Waals surface area contributed by atoms with E-state index in [4.69, 9.17) is 0 Å². The van der Waals surface area contributed by atoms with Crippen LogP contribution in [0.1, 0.15) is 28.1 Å². The van der Waals surface area contributed by atoms with Gasteiger partial charge in [-0.3, -0.25) is 4.79 Å². The SMILES string of the molecule is Cc1ccc(N=C2NC(=O)/C(=C/c3cc(C)n(-c4ccc(C)cc4)c3C)S2)cc1. The summed E-state index contributed by atoms with van der Waals surface area (Å²) < 4.78 is 2.21. The summed E-state index contributed by atoms with van der Waals surface area (Å²) in [7, 11) is 0. The maximum absolute atomic E-state index is 12.5. The first-order valence-electron chi connectivity index (χ1n) is 9.53.